The Morgan fingerprint density at radius 3 is 2.86 bits per heavy atom. The van der Waals surface area contributed by atoms with Crippen LogP contribution in [0.2, 0.25) is 0 Å². The highest BCUT2D eigenvalue weighted by molar-refractivity contribution is 7.88. The van der Waals surface area contributed by atoms with Gasteiger partial charge in [0.05, 0.1) is 19.1 Å². The van der Waals surface area contributed by atoms with Gasteiger partial charge in [-0.3, -0.25) is 0 Å². The van der Waals surface area contributed by atoms with Gasteiger partial charge in [0.25, 0.3) is 0 Å². The minimum atomic E-state index is -3.17. The van der Waals surface area contributed by atoms with Crippen molar-refractivity contribution in [1.29, 1.82) is 0 Å². The number of nitrogen functional groups attached to an aromatic ring is 1. The van der Waals surface area contributed by atoms with Crippen LogP contribution in [0.5, 0.6) is 0 Å². The number of anilines is 1. The Hall–Kier alpha value is -1.54. The number of nitrogens with zero attached hydrogens (tertiary/aromatic N) is 2. The van der Waals surface area contributed by atoms with Gasteiger partial charge in [-0.25, -0.2) is 17.5 Å². The van der Waals surface area contributed by atoms with Gasteiger partial charge >= 0.3 is 5.97 Å². The number of hydrogen-bond donors (Lipinski definition) is 1. The third kappa shape index (κ3) is 3.76. The Balaban J connectivity index is 2.13. The van der Waals surface area contributed by atoms with Crippen molar-refractivity contribution in [3.63, 3.8) is 0 Å². The number of esters is 1. The minimum absolute atomic E-state index is 0.156. The molecule has 0 spiro atoms. The molecule has 0 amide bonds. The van der Waals surface area contributed by atoms with E-state index in [1.54, 1.807) is 16.8 Å². The predicted molar refractivity (Wildman–Crippen MR) is 79.3 cm³/mol. The predicted octanol–water partition coefficient (Wildman–Crippen LogP) is 0.528. The van der Waals surface area contributed by atoms with Crippen molar-refractivity contribution in [2.24, 2.45) is 5.92 Å². The molecule has 0 bridgehead atoms. The zero-order chi connectivity index (χ0) is 15.6. The van der Waals surface area contributed by atoms with E-state index in [0.717, 1.165) is 12.8 Å². The molecule has 1 atom stereocenters. The van der Waals surface area contributed by atoms with E-state index in [-0.39, 0.29) is 5.92 Å². The summed E-state index contributed by atoms with van der Waals surface area (Å²) in [5.41, 5.74) is 6.63. The number of methoxy groups -OCH3 is 1. The molecule has 1 unspecified atom stereocenters. The molecule has 0 aromatic carbocycles. The van der Waals surface area contributed by atoms with E-state index >= 15 is 0 Å². The Morgan fingerprint density at radius 2 is 2.24 bits per heavy atom. The fourth-order valence-corrected chi connectivity index (χ4v) is 3.66. The van der Waals surface area contributed by atoms with Crippen molar-refractivity contribution in [2.45, 2.75) is 19.4 Å². The number of rotatable bonds is 4. The molecule has 118 valence electrons. The van der Waals surface area contributed by atoms with Crippen molar-refractivity contribution in [2.75, 3.05) is 32.2 Å². The van der Waals surface area contributed by atoms with Gasteiger partial charge in [0.1, 0.15) is 5.69 Å². The molecule has 0 aliphatic carbocycles. The van der Waals surface area contributed by atoms with Gasteiger partial charge < -0.3 is 15.0 Å². The van der Waals surface area contributed by atoms with E-state index in [9.17, 15) is 13.2 Å². The molecular weight excluding hydrogens is 294 g/mol. The molecule has 21 heavy (non-hydrogen) atoms. The van der Waals surface area contributed by atoms with E-state index in [4.69, 9.17) is 10.5 Å². The largest absolute Gasteiger partial charge is 0.464 e. The molecule has 2 N–H and O–H groups in total. The fraction of sp³-hybridized carbons (Fsp3) is 0.615. The molecule has 1 aliphatic rings. The lowest BCUT2D eigenvalue weighted by Crippen LogP contribution is -2.40. The first kappa shape index (κ1) is 15.8. The summed E-state index contributed by atoms with van der Waals surface area (Å²) in [5, 5.41) is 0. The van der Waals surface area contributed by atoms with Crippen LogP contribution in [0.1, 0.15) is 23.3 Å². The molecule has 1 aliphatic heterocycles. The van der Waals surface area contributed by atoms with Crippen molar-refractivity contribution in [3.8, 4) is 0 Å². The zero-order valence-electron chi connectivity index (χ0n) is 12.3. The average molecular weight is 315 g/mol. The van der Waals surface area contributed by atoms with Crippen LogP contribution in [-0.4, -0.2) is 49.7 Å². The van der Waals surface area contributed by atoms with Crippen molar-refractivity contribution < 1.29 is 17.9 Å². The number of aromatic nitrogens is 1. The first-order valence-electron chi connectivity index (χ1n) is 6.80. The normalized spacial score (nSPS) is 20.4. The fourth-order valence-electron chi connectivity index (χ4n) is 2.71. The van der Waals surface area contributed by atoms with Gasteiger partial charge in [-0.15, -0.1) is 0 Å². The number of sulfonamides is 1. The van der Waals surface area contributed by atoms with Gasteiger partial charge in [0.15, 0.2) is 0 Å². The SMILES string of the molecule is COC(=O)c1cc(N)cn1CC1CCCN(S(C)(=O)=O)C1. The van der Waals surface area contributed by atoms with Crippen molar-refractivity contribution in [1.82, 2.24) is 8.87 Å². The van der Waals surface area contributed by atoms with Crippen LogP contribution in [0.4, 0.5) is 5.69 Å². The third-order valence-electron chi connectivity index (χ3n) is 3.72. The minimum Gasteiger partial charge on any atom is -0.464 e. The summed E-state index contributed by atoms with van der Waals surface area (Å²) in [6.07, 6.45) is 4.65. The molecule has 7 nitrogen and oxygen atoms in total. The smallest absolute Gasteiger partial charge is 0.354 e. The molecule has 2 rings (SSSR count). The maximum Gasteiger partial charge on any atom is 0.354 e. The van der Waals surface area contributed by atoms with Crippen LogP contribution in [0, 0.1) is 5.92 Å². The lowest BCUT2D eigenvalue weighted by molar-refractivity contribution is 0.0586. The maximum absolute atomic E-state index is 11.7. The quantitative estimate of drug-likeness (QED) is 0.818. The van der Waals surface area contributed by atoms with Crippen LogP contribution in [0.25, 0.3) is 0 Å². The summed E-state index contributed by atoms with van der Waals surface area (Å²) >= 11 is 0. The third-order valence-corrected chi connectivity index (χ3v) is 4.99. The lowest BCUT2D eigenvalue weighted by atomic mass is 9.99. The molecule has 0 radical (unpaired) electrons. The van der Waals surface area contributed by atoms with Gasteiger partial charge in [-0.1, -0.05) is 0 Å². The highest BCUT2D eigenvalue weighted by Crippen LogP contribution is 2.22. The molecule has 1 aromatic rings. The molecule has 1 fully saturated rings. The summed E-state index contributed by atoms with van der Waals surface area (Å²) in [5.74, 6) is -0.286. The monoisotopic (exact) mass is 315 g/mol. The van der Waals surface area contributed by atoms with Crippen LogP contribution in [0.3, 0.4) is 0 Å². The van der Waals surface area contributed by atoms with E-state index in [2.05, 4.69) is 0 Å². The second-order valence-electron chi connectivity index (χ2n) is 5.43. The number of hydrogen-bond acceptors (Lipinski definition) is 5. The summed E-state index contributed by atoms with van der Waals surface area (Å²) in [7, 11) is -1.85. The highest BCUT2D eigenvalue weighted by Gasteiger charge is 2.27. The summed E-state index contributed by atoms with van der Waals surface area (Å²) in [6, 6.07) is 1.57. The second-order valence-corrected chi connectivity index (χ2v) is 7.41. The number of piperidine rings is 1. The van der Waals surface area contributed by atoms with Crippen LogP contribution in [0.15, 0.2) is 12.3 Å². The van der Waals surface area contributed by atoms with Crippen LogP contribution >= 0.6 is 0 Å². The lowest BCUT2D eigenvalue weighted by Gasteiger charge is -2.31. The molecule has 1 saturated heterocycles. The Bertz CT molecular complexity index is 623. The number of nitrogens with two attached hydrogens (primary N) is 1. The number of carbonyl (C=O) groups is 1. The van der Waals surface area contributed by atoms with Gasteiger partial charge in [-0.05, 0) is 24.8 Å². The van der Waals surface area contributed by atoms with E-state index < -0.39 is 16.0 Å². The summed E-state index contributed by atoms with van der Waals surface area (Å²) in [6.45, 7) is 1.58. The standard InChI is InChI=1S/C13H21N3O4S/c1-20-13(17)12-6-11(14)9-15(12)7-10-4-3-5-16(8-10)21(2,18)19/h6,9-10H,3-5,7-8,14H2,1-2H3. The molecular formula is C13H21N3O4S. The van der Waals surface area contributed by atoms with Crippen LogP contribution < -0.4 is 5.73 Å². The Morgan fingerprint density at radius 1 is 1.52 bits per heavy atom. The topological polar surface area (TPSA) is 94.6 Å². The van der Waals surface area contributed by atoms with Gasteiger partial charge in [0, 0.05) is 25.8 Å². The van der Waals surface area contributed by atoms with Gasteiger partial charge in [0.2, 0.25) is 10.0 Å². The summed E-state index contributed by atoms with van der Waals surface area (Å²) < 4.78 is 31.2. The van der Waals surface area contributed by atoms with E-state index in [1.807, 2.05) is 0 Å². The summed E-state index contributed by atoms with van der Waals surface area (Å²) in [4.78, 5) is 11.7. The van der Waals surface area contributed by atoms with E-state index in [0.29, 0.717) is 31.0 Å². The maximum atomic E-state index is 11.7. The number of carbonyl (C=O) groups excluding carboxylic acids is 1. The first-order chi connectivity index (χ1) is 9.81. The Labute approximate surface area is 124 Å². The second kappa shape index (κ2) is 6.07. The number of ether oxygens (including phenoxy) is 1. The van der Waals surface area contributed by atoms with Crippen molar-refractivity contribution in [3.05, 3.63) is 18.0 Å². The average Bonchev–Trinajstić information content (AvgIpc) is 2.78. The zero-order valence-corrected chi connectivity index (χ0v) is 13.1. The van der Waals surface area contributed by atoms with Crippen LogP contribution in [-0.2, 0) is 21.3 Å². The van der Waals surface area contributed by atoms with Crippen molar-refractivity contribution >= 4 is 21.7 Å². The Kier molecular flexibility index (Phi) is 4.58. The molecule has 8 heteroatoms. The first-order valence-corrected chi connectivity index (χ1v) is 8.65. The highest BCUT2D eigenvalue weighted by atomic mass is 32.2. The molecule has 0 saturated carbocycles. The molecule has 1 aromatic heterocycles. The van der Waals surface area contributed by atoms with E-state index in [1.165, 1.54) is 17.7 Å². The molecule has 2 heterocycles. The van der Waals surface area contributed by atoms with Gasteiger partial charge in [-0.2, -0.15) is 0 Å².